The summed E-state index contributed by atoms with van der Waals surface area (Å²) in [4.78, 5) is 31.8. The molecule has 7 heteroatoms. The molecule has 0 saturated carbocycles. The Hall–Kier alpha value is -1.89. The highest BCUT2D eigenvalue weighted by molar-refractivity contribution is 7.09. The quantitative estimate of drug-likeness (QED) is 0.787. The molecule has 0 atom stereocenters. The van der Waals surface area contributed by atoms with Crippen LogP contribution in [-0.2, 0) is 11.3 Å². The summed E-state index contributed by atoms with van der Waals surface area (Å²) in [5.74, 6) is 0.123. The van der Waals surface area contributed by atoms with Gasteiger partial charge in [-0.3, -0.25) is 14.5 Å². The van der Waals surface area contributed by atoms with E-state index in [1.165, 1.54) is 4.88 Å². The zero-order valence-electron chi connectivity index (χ0n) is 14.7. The van der Waals surface area contributed by atoms with Gasteiger partial charge in [-0.05, 0) is 35.7 Å². The Kier molecular flexibility index (Phi) is 6.29. The van der Waals surface area contributed by atoms with Crippen LogP contribution in [0, 0.1) is 0 Å². The van der Waals surface area contributed by atoms with Gasteiger partial charge >= 0.3 is 0 Å². The lowest BCUT2D eigenvalue weighted by Gasteiger charge is -2.35. The highest BCUT2D eigenvalue weighted by Crippen LogP contribution is 2.14. The van der Waals surface area contributed by atoms with Gasteiger partial charge in [0.2, 0.25) is 5.91 Å². The van der Waals surface area contributed by atoms with E-state index >= 15 is 0 Å². The van der Waals surface area contributed by atoms with Crippen LogP contribution in [0.1, 0.15) is 15.2 Å². The average molecular weight is 392 g/mol. The molecule has 2 heterocycles. The molecule has 1 aromatic carbocycles. The monoisotopic (exact) mass is 391 g/mol. The second kappa shape index (κ2) is 8.66. The maximum Gasteiger partial charge on any atom is 0.253 e. The zero-order chi connectivity index (χ0) is 18.5. The predicted octanol–water partition coefficient (Wildman–Crippen LogP) is 2.82. The molecule has 2 amide bonds. The zero-order valence-corrected chi connectivity index (χ0v) is 16.3. The number of amides is 2. The molecule has 138 valence electrons. The number of nitrogens with zero attached hydrogens (tertiary/aromatic N) is 3. The standard InChI is InChI=1S/C19H22ClN3O2S/c1-21(13-17-3-2-12-26-17)18(24)14-22-8-10-23(11-9-22)19(25)15-4-6-16(20)7-5-15/h2-7,12H,8-11,13-14H2,1H3. The van der Waals surface area contributed by atoms with Crippen LogP contribution in [0.2, 0.25) is 5.02 Å². The van der Waals surface area contributed by atoms with E-state index < -0.39 is 0 Å². The Morgan fingerprint density at radius 2 is 1.81 bits per heavy atom. The lowest BCUT2D eigenvalue weighted by molar-refractivity contribution is -0.131. The fraction of sp³-hybridized carbons (Fsp3) is 0.368. The van der Waals surface area contributed by atoms with Gasteiger partial charge in [0, 0.05) is 48.7 Å². The first-order chi connectivity index (χ1) is 12.5. The van der Waals surface area contributed by atoms with E-state index in [0.717, 1.165) is 0 Å². The fourth-order valence-corrected chi connectivity index (χ4v) is 3.80. The van der Waals surface area contributed by atoms with Crippen molar-refractivity contribution in [2.24, 2.45) is 0 Å². The average Bonchev–Trinajstić information content (AvgIpc) is 3.15. The Labute approximate surface area is 162 Å². The number of carbonyl (C=O) groups excluding carboxylic acids is 2. The Bertz CT molecular complexity index is 741. The van der Waals surface area contributed by atoms with E-state index in [1.807, 2.05) is 29.5 Å². The van der Waals surface area contributed by atoms with Crippen molar-refractivity contribution in [2.75, 3.05) is 39.8 Å². The number of likely N-dealkylation sites (N-methyl/N-ethyl adjacent to an activating group) is 1. The minimum Gasteiger partial charge on any atom is -0.340 e. The van der Waals surface area contributed by atoms with Crippen molar-refractivity contribution in [3.63, 3.8) is 0 Å². The van der Waals surface area contributed by atoms with E-state index in [4.69, 9.17) is 11.6 Å². The number of piperazine rings is 1. The lowest BCUT2D eigenvalue weighted by atomic mass is 10.2. The third kappa shape index (κ3) is 4.84. The molecule has 0 unspecified atom stereocenters. The first-order valence-corrected chi connectivity index (χ1v) is 9.82. The summed E-state index contributed by atoms with van der Waals surface area (Å²) in [6.45, 7) is 3.71. The molecule has 0 spiro atoms. The van der Waals surface area contributed by atoms with Crippen LogP contribution in [0.15, 0.2) is 41.8 Å². The van der Waals surface area contributed by atoms with Crippen molar-refractivity contribution in [3.05, 3.63) is 57.2 Å². The van der Waals surface area contributed by atoms with Crippen LogP contribution >= 0.6 is 22.9 Å². The second-order valence-electron chi connectivity index (χ2n) is 6.40. The van der Waals surface area contributed by atoms with Gasteiger partial charge < -0.3 is 9.80 Å². The number of hydrogen-bond donors (Lipinski definition) is 0. The van der Waals surface area contributed by atoms with E-state index in [9.17, 15) is 9.59 Å². The summed E-state index contributed by atoms with van der Waals surface area (Å²) in [7, 11) is 1.84. The van der Waals surface area contributed by atoms with E-state index in [-0.39, 0.29) is 11.8 Å². The van der Waals surface area contributed by atoms with Gasteiger partial charge in [0.1, 0.15) is 0 Å². The summed E-state index contributed by atoms with van der Waals surface area (Å²) >= 11 is 7.53. The highest BCUT2D eigenvalue weighted by Gasteiger charge is 2.24. The third-order valence-corrected chi connectivity index (χ3v) is 5.62. The van der Waals surface area contributed by atoms with Crippen molar-refractivity contribution in [3.8, 4) is 0 Å². The molecule has 1 aliphatic rings. The predicted molar refractivity (Wildman–Crippen MR) is 105 cm³/mol. The highest BCUT2D eigenvalue weighted by atomic mass is 35.5. The number of halogens is 1. The maximum atomic E-state index is 12.5. The van der Waals surface area contributed by atoms with Gasteiger partial charge in [0.15, 0.2) is 0 Å². The number of hydrogen-bond acceptors (Lipinski definition) is 4. The normalized spacial score (nSPS) is 15.1. The topological polar surface area (TPSA) is 43.9 Å². The van der Waals surface area contributed by atoms with Crippen LogP contribution in [0.3, 0.4) is 0 Å². The molecule has 3 rings (SSSR count). The Morgan fingerprint density at radius 1 is 1.12 bits per heavy atom. The van der Waals surface area contributed by atoms with Crippen LogP contribution in [0.25, 0.3) is 0 Å². The van der Waals surface area contributed by atoms with Gasteiger partial charge in [-0.1, -0.05) is 17.7 Å². The van der Waals surface area contributed by atoms with Crippen molar-refractivity contribution < 1.29 is 9.59 Å². The third-order valence-electron chi connectivity index (χ3n) is 4.51. The van der Waals surface area contributed by atoms with Crippen LogP contribution in [0.4, 0.5) is 0 Å². The Morgan fingerprint density at radius 3 is 2.42 bits per heavy atom. The maximum absolute atomic E-state index is 12.5. The largest absolute Gasteiger partial charge is 0.340 e. The number of thiophene rings is 1. The van der Waals surface area contributed by atoms with E-state index in [0.29, 0.717) is 49.9 Å². The van der Waals surface area contributed by atoms with E-state index in [1.54, 1.807) is 40.5 Å². The summed E-state index contributed by atoms with van der Waals surface area (Å²) in [5.41, 5.74) is 0.648. The van der Waals surface area contributed by atoms with Gasteiger partial charge in [0.25, 0.3) is 5.91 Å². The number of carbonyl (C=O) groups is 2. The SMILES string of the molecule is CN(Cc1cccs1)C(=O)CN1CCN(C(=O)c2ccc(Cl)cc2)CC1. The second-order valence-corrected chi connectivity index (χ2v) is 7.87. The molecule has 26 heavy (non-hydrogen) atoms. The number of rotatable bonds is 5. The van der Waals surface area contributed by atoms with Crippen molar-refractivity contribution in [1.29, 1.82) is 0 Å². The molecule has 1 aliphatic heterocycles. The summed E-state index contributed by atoms with van der Waals surface area (Å²) < 4.78 is 0. The first kappa shape index (κ1) is 18.9. The molecule has 2 aromatic rings. The summed E-state index contributed by atoms with van der Waals surface area (Å²) in [5, 5.41) is 2.64. The van der Waals surface area contributed by atoms with Crippen LogP contribution < -0.4 is 0 Å². The summed E-state index contributed by atoms with van der Waals surface area (Å²) in [6, 6.07) is 11.0. The molecular formula is C19H22ClN3O2S. The first-order valence-electron chi connectivity index (χ1n) is 8.56. The van der Waals surface area contributed by atoms with Crippen LogP contribution in [-0.4, -0.2) is 66.3 Å². The number of benzene rings is 1. The van der Waals surface area contributed by atoms with E-state index in [2.05, 4.69) is 4.90 Å². The molecule has 1 saturated heterocycles. The van der Waals surface area contributed by atoms with Gasteiger partial charge in [-0.15, -0.1) is 11.3 Å². The van der Waals surface area contributed by atoms with Gasteiger partial charge in [-0.25, -0.2) is 0 Å². The molecule has 5 nitrogen and oxygen atoms in total. The minimum absolute atomic E-state index is 0.0162. The van der Waals surface area contributed by atoms with Gasteiger partial charge in [0.05, 0.1) is 13.1 Å². The van der Waals surface area contributed by atoms with Crippen LogP contribution in [0.5, 0.6) is 0 Å². The van der Waals surface area contributed by atoms with Gasteiger partial charge in [-0.2, -0.15) is 0 Å². The Balaban J connectivity index is 1.46. The van der Waals surface area contributed by atoms with Crippen molar-refractivity contribution in [2.45, 2.75) is 6.54 Å². The van der Waals surface area contributed by atoms with Crippen molar-refractivity contribution >= 4 is 34.8 Å². The molecule has 1 aromatic heterocycles. The molecule has 1 fully saturated rings. The molecular weight excluding hydrogens is 370 g/mol. The molecule has 0 radical (unpaired) electrons. The fourth-order valence-electron chi connectivity index (χ4n) is 2.92. The van der Waals surface area contributed by atoms with Crippen molar-refractivity contribution in [1.82, 2.24) is 14.7 Å². The molecule has 0 aliphatic carbocycles. The molecule has 0 N–H and O–H groups in total. The lowest BCUT2D eigenvalue weighted by Crippen LogP contribution is -2.51. The summed E-state index contributed by atoms with van der Waals surface area (Å²) in [6.07, 6.45) is 0. The minimum atomic E-state index is 0.0162. The molecule has 0 bridgehead atoms. The smallest absolute Gasteiger partial charge is 0.253 e.